The van der Waals surface area contributed by atoms with Crippen LogP contribution in [0.2, 0.25) is 0 Å². The van der Waals surface area contributed by atoms with Gasteiger partial charge in [-0.2, -0.15) is 13.2 Å². The zero-order valence-corrected chi connectivity index (χ0v) is 11.0. The molecule has 8 heteroatoms. The Hall–Kier alpha value is -2.35. The van der Waals surface area contributed by atoms with Crippen molar-refractivity contribution in [2.75, 3.05) is 0 Å². The number of aliphatic hydroxyl groups excluding tert-OH is 1. The highest BCUT2D eigenvalue weighted by atomic mass is 19.4. The minimum Gasteiger partial charge on any atom is -0.461 e. The number of furan rings is 1. The number of nitrogens with one attached hydrogen (secondary N) is 1. The van der Waals surface area contributed by atoms with E-state index in [2.05, 4.69) is 9.97 Å². The maximum atomic E-state index is 13.7. The first-order chi connectivity index (χ1) is 10.4. The molecule has 116 valence electrons. The molecule has 0 aliphatic carbocycles. The normalized spacial score (nSPS) is 13.7. The lowest BCUT2D eigenvalue weighted by Gasteiger charge is -2.12. The van der Waals surface area contributed by atoms with Crippen molar-refractivity contribution in [2.45, 2.75) is 18.7 Å². The summed E-state index contributed by atoms with van der Waals surface area (Å²) in [6, 6.07) is 2.25. The predicted octanol–water partition coefficient (Wildman–Crippen LogP) is 3.48. The van der Waals surface area contributed by atoms with E-state index >= 15 is 0 Å². The molecule has 2 aromatic heterocycles. The molecule has 0 spiro atoms. The van der Waals surface area contributed by atoms with Crippen molar-refractivity contribution >= 4 is 11.0 Å². The Bertz CT molecular complexity index is 793. The van der Waals surface area contributed by atoms with Gasteiger partial charge in [-0.3, -0.25) is 0 Å². The molecule has 1 atom stereocenters. The third-order valence-electron chi connectivity index (χ3n) is 3.25. The monoisotopic (exact) mass is 314 g/mol. The number of benzene rings is 1. The van der Waals surface area contributed by atoms with Crippen molar-refractivity contribution in [1.82, 2.24) is 9.97 Å². The summed E-state index contributed by atoms with van der Waals surface area (Å²) in [5.74, 6) is -0.647. The van der Waals surface area contributed by atoms with Crippen LogP contribution >= 0.6 is 0 Å². The number of H-pyrrole nitrogens is 1. The van der Waals surface area contributed by atoms with E-state index in [1.165, 1.54) is 18.5 Å². The fourth-order valence-electron chi connectivity index (χ4n) is 2.36. The standard InChI is InChI=1S/C14H10F4N2O2/c15-9-2-1-8(11(21)13-19-3-4-20-13)10-7(5-14(16,17)18)6-22-12(9)10/h1-4,6,11,21H,5H2,(H,19,20)/t11-/m1/s1. The van der Waals surface area contributed by atoms with E-state index in [4.69, 9.17) is 4.42 Å². The quantitative estimate of drug-likeness (QED) is 0.728. The smallest absolute Gasteiger partial charge is 0.393 e. The van der Waals surface area contributed by atoms with Gasteiger partial charge in [0.1, 0.15) is 11.9 Å². The Morgan fingerprint density at radius 2 is 2.09 bits per heavy atom. The number of aromatic amines is 1. The van der Waals surface area contributed by atoms with E-state index in [0.717, 1.165) is 12.3 Å². The first-order valence-electron chi connectivity index (χ1n) is 6.29. The van der Waals surface area contributed by atoms with Gasteiger partial charge in [0.15, 0.2) is 11.4 Å². The van der Waals surface area contributed by atoms with Crippen LogP contribution in [0.4, 0.5) is 17.6 Å². The molecule has 0 fully saturated rings. The molecule has 0 unspecified atom stereocenters. The Morgan fingerprint density at radius 3 is 2.73 bits per heavy atom. The lowest BCUT2D eigenvalue weighted by Crippen LogP contribution is -2.12. The summed E-state index contributed by atoms with van der Waals surface area (Å²) in [4.78, 5) is 6.53. The largest absolute Gasteiger partial charge is 0.461 e. The first-order valence-corrected chi connectivity index (χ1v) is 6.29. The first kappa shape index (κ1) is 14.6. The van der Waals surface area contributed by atoms with Crippen molar-refractivity contribution in [1.29, 1.82) is 0 Å². The summed E-state index contributed by atoms with van der Waals surface area (Å²) in [6.45, 7) is 0. The highest BCUT2D eigenvalue weighted by molar-refractivity contribution is 5.86. The second kappa shape index (κ2) is 5.13. The van der Waals surface area contributed by atoms with Gasteiger partial charge in [0.05, 0.1) is 12.7 Å². The van der Waals surface area contributed by atoms with Crippen LogP contribution in [-0.2, 0) is 6.42 Å². The molecule has 3 aromatic rings. The highest BCUT2D eigenvalue weighted by Crippen LogP contribution is 2.35. The van der Waals surface area contributed by atoms with Crippen LogP contribution < -0.4 is 0 Å². The number of alkyl halides is 3. The van der Waals surface area contributed by atoms with Crippen molar-refractivity contribution in [3.8, 4) is 0 Å². The molecular formula is C14H10F4N2O2. The van der Waals surface area contributed by atoms with Crippen LogP contribution in [0.15, 0.2) is 35.2 Å². The zero-order valence-electron chi connectivity index (χ0n) is 11.0. The molecule has 0 aliphatic rings. The fraction of sp³-hybridized carbons (Fsp3) is 0.214. The molecule has 2 N–H and O–H groups in total. The maximum absolute atomic E-state index is 13.7. The zero-order chi connectivity index (χ0) is 15.9. The highest BCUT2D eigenvalue weighted by Gasteiger charge is 2.31. The third-order valence-corrected chi connectivity index (χ3v) is 3.25. The molecule has 3 rings (SSSR count). The third kappa shape index (κ3) is 2.57. The van der Waals surface area contributed by atoms with Crippen LogP contribution in [0, 0.1) is 5.82 Å². The number of imidazole rings is 1. The minimum atomic E-state index is -4.48. The average Bonchev–Trinajstić information content (AvgIpc) is 3.07. The number of halogens is 4. The van der Waals surface area contributed by atoms with E-state index < -0.39 is 24.5 Å². The average molecular weight is 314 g/mol. The summed E-state index contributed by atoms with van der Waals surface area (Å²) < 4.78 is 56.6. The molecule has 0 bridgehead atoms. The fourth-order valence-corrected chi connectivity index (χ4v) is 2.36. The number of fused-ring (bicyclic) bond motifs is 1. The lowest BCUT2D eigenvalue weighted by molar-refractivity contribution is -0.127. The summed E-state index contributed by atoms with van der Waals surface area (Å²) in [5, 5.41) is 10.2. The Morgan fingerprint density at radius 1 is 1.32 bits per heavy atom. The Labute approximate surface area is 121 Å². The molecule has 4 nitrogen and oxygen atoms in total. The SMILES string of the molecule is O[C@@H](c1ncc[nH]1)c1ccc(F)c2occ(CC(F)(F)F)c12. The van der Waals surface area contributed by atoms with Gasteiger partial charge >= 0.3 is 6.18 Å². The topological polar surface area (TPSA) is 62.1 Å². The molecule has 1 aromatic carbocycles. The molecule has 0 saturated carbocycles. The summed E-state index contributed by atoms with van der Waals surface area (Å²) in [6.07, 6.45) is -3.35. The van der Waals surface area contributed by atoms with Crippen LogP contribution in [-0.4, -0.2) is 21.3 Å². The molecule has 22 heavy (non-hydrogen) atoms. The number of hydrogen-bond acceptors (Lipinski definition) is 3. The van der Waals surface area contributed by atoms with Crippen LogP contribution in [0.25, 0.3) is 11.0 Å². The van der Waals surface area contributed by atoms with Gasteiger partial charge in [-0.15, -0.1) is 0 Å². The van der Waals surface area contributed by atoms with E-state index in [9.17, 15) is 22.7 Å². The number of hydrogen-bond donors (Lipinski definition) is 2. The van der Waals surface area contributed by atoms with Gasteiger partial charge in [-0.05, 0) is 11.6 Å². The molecule has 0 amide bonds. The number of nitrogens with zero attached hydrogens (tertiary/aromatic N) is 1. The lowest BCUT2D eigenvalue weighted by atomic mass is 9.99. The molecule has 2 heterocycles. The summed E-state index contributed by atoms with van der Waals surface area (Å²) >= 11 is 0. The summed E-state index contributed by atoms with van der Waals surface area (Å²) in [7, 11) is 0. The Balaban J connectivity index is 2.17. The van der Waals surface area contributed by atoms with Crippen LogP contribution in [0.5, 0.6) is 0 Å². The van der Waals surface area contributed by atoms with Gasteiger partial charge in [0.25, 0.3) is 0 Å². The maximum Gasteiger partial charge on any atom is 0.393 e. The predicted molar refractivity (Wildman–Crippen MR) is 68.6 cm³/mol. The van der Waals surface area contributed by atoms with Gasteiger partial charge in [-0.1, -0.05) is 6.07 Å². The number of rotatable bonds is 3. The second-order valence-electron chi connectivity index (χ2n) is 4.77. The summed E-state index contributed by atoms with van der Waals surface area (Å²) in [5.41, 5.74) is -0.454. The van der Waals surface area contributed by atoms with Crippen molar-refractivity contribution in [2.24, 2.45) is 0 Å². The van der Waals surface area contributed by atoms with Gasteiger partial charge in [0, 0.05) is 23.3 Å². The van der Waals surface area contributed by atoms with E-state index in [1.807, 2.05) is 0 Å². The Kier molecular flexibility index (Phi) is 3.40. The molecule has 0 radical (unpaired) electrons. The van der Waals surface area contributed by atoms with Crippen molar-refractivity contribution < 1.29 is 27.1 Å². The van der Waals surface area contributed by atoms with Crippen LogP contribution in [0.1, 0.15) is 23.1 Å². The molecule has 0 saturated heterocycles. The minimum absolute atomic E-state index is 0.0822. The van der Waals surface area contributed by atoms with E-state index in [0.29, 0.717) is 0 Å². The number of aromatic nitrogens is 2. The van der Waals surface area contributed by atoms with Crippen molar-refractivity contribution in [3.63, 3.8) is 0 Å². The number of aliphatic hydroxyl groups is 1. The van der Waals surface area contributed by atoms with Crippen LogP contribution in [0.3, 0.4) is 0 Å². The van der Waals surface area contributed by atoms with E-state index in [-0.39, 0.29) is 27.9 Å². The molecular weight excluding hydrogens is 304 g/mol. The molecule has 0 aliphatic heterocycles. The van der Waals surface area contributed by atoms with Gasteiger partial charge in [-0.25, -0.2) is 9.37 Å². The van der Waals surface area contributed by atoms with Crippen molar-refractivity contribution in [3.05, 3.63) is 53.6 Å². The van der Waals surface area contributed by atoms with Gasteiger partial charge in [0.2, 0.25) is 0 Å². The second-order valence-corrected chi connectivity index (χ2v) is 4.77. The van der Waals surface area contributed by atoms with E-state index in [1.54, 1.807) is 0 Å². The van der Waals surface area contributed by atoms with Gasteiger partial charge < -0.3 is 14.5 Å².